The molecular formula is C53H37NO. The summed E-state index contributed by atoms with van der Waals surface area (Å²) < 4.78 is 6.25. The molecule has 1 heterocycles. The minimum atomic E-state index is -0.105. The molecule has 0 atom stereocenters. The smallest absolute Gasteiger partial charge is 0.135 e. The lowest BCUT2D eigenvalue weighted by molar-refractivity contribution is 0.660. The molecule has 0 spiro atoms. The zero-order valence-corrected chi connectivity index (χ0v) is 30.8. The molecule has 0 N–H and O–H groups in total. The third-order valence-electron chi connectivity index (χ3n) is 11.8. The lowest BCUT2D eigenvalue weighted by atomic mass is 9.82. The van der Waals surface area contributed by atoms with Crippen molar-refractivity contribution in [3.63, 3.8) is 0 Å². The molecule has 0 saturated heterocycles. The van der Waals surface area contributed by atoms with Gasteiger partial charge in [0.25, 0.3) is 0 Å². The molecule has 10 aromatic rings. The van der Waals surface area contributed by atoms with Crippen LogP contribution < -0.4 is 4.90 Å². The van der Waals surface area contributed by atoms with Gasteiger partial charge in [0, 0.05) is 33.2 Å². The molecule has 0 fully saturated rings. The maximum Gasteiger partial charge on any atom is 0.135 e. The molecule has 0 unspecified atom stereocenters. The van der Waals surface area contributed by atoms with Gasteiger partial charge >= 0.3 is 0 Å². The van der Waals surface area contributed by atoms with Crippen molar-refractivity contribution in [1.29, 1.82) is 0 Å². The molecule has 9 aromatic carbocycles. The number of anilines is 3. The normalized spacial score (nSPS) is 13.1. The summed E-state index contributed by atoms with van der Waals surface area (Å²) in [5, 5.41) is 7.17. The first-order valence-electron chi connectivity index (χ1n) is 19.1. The highest BCUT2D eigenvalue weighted by Crippen LogP contribution is 2.51. The van der Waals surface area contributed by atoms with E-state index in [1.54, 1.807) is 0 Å². The maximum absolute atomic E-state index is 6.25. The van der Waals surface area contributed by atoms with Gasteiger partial charge in [0.2, 0.25) is 0 Å². The molecule has 0 bridgehead atoms. The van der Waals surface area contributed by atoms with Crippen molar-refractivity contribution in [3.8, 4) is 33.4 Å². The van der Waals surface area contributed by atoms with Gasteiger partial charge < -0.3 is 9.32 Å². The van der Waals surface area contributed by atoms with Gasteiger partial charge in [0.1, 0.15) is 11.2 Å². The summed E-state index contributed by atoms with van der Waals surface area (Å²) in [6.07, 6.45) is 0. The van der Waals surface area contributed by atoms with Gasteiger partial charge in [-0.25, -0.2) is 0 Å². The highest BCUT2D eigenvalue weighted by molar-refractivity contribution is 6.07. The molecule has 2 heteroatoms. The van der Waals surface area contributed by atoms with Gasteiger partial charge in [-0.05, 0) is 127 Å². The molecule has 1 aliphatic rings. The van der Waals surface area contributed by atoms with Crippen molar-refractivity contribution in [2.24, 2.45) is 0 Å². The Morgan fingerprint density at radius 2 is 0.891 bits per heavy atom. The second-order valence-electron chi connectivity index (χ2n) is 15.4. The predicted octanol–water partition coefficient (Wildman–Crippen LogP) is 15.0. The Kier molecular flexibility index (Phi) is 6.93. The van der Waals surface area contributed by atoms with Crippen LogP contribution in [-0.4, -0.2) is 0 Å². The molecule has 0 aliphatic heterocycles. The molecule has 0 radical (unpaired) electrons. The fourth-order valence-electron chi connectivity index (χ4n) is 8.91. The van der Waals surface area contributed by atoms with Gasteiger partial charge in [-0.15, -0.1) is 0 Å². The lowest BCUT2D eigenvalue weighted by Crippen LogP contribution is -2.16. The van der Waals surface area contributed by atoms with Crippen LogP contribution in [0.5, 0.6) is 0 Å². The minimum Gasteiger partial charge on any atom is -0.456 e. The zero-order chi connectivity index (χ0) is 36.7. The van der Waals surface area contributed by atoms with E-state index in [-0.39, 0.29) is 5.41 Å². The van der Waals surface area contributed by atoms with E-state index in [1.165, 1.54) is 66.1 Å². The molecule has 11 rings (SSSR count). The number of para-hydroxylation sites is 1. The molecule has 1 aromatic heterocycles. The number of benzene rings is 9. The SMILES string of the molecule is CC1(C)c2ccccc2-c2ccc(N(c3ccc4cc(-c5ccc(-c6ccc7ccccc7c6)cc5)ccc4c3)c3ccc4oc5ccccc5c4c3)cc21. The molecule has 0 saturated carbocycles. The Labute approximate surface area is 320 Å². The molecule has 260 valence electrons. The second kappa shape index (κ2) is 12.1. The van der Waals surface area contributed by atoms with Crippen LogP contribution in [0, 0.1) is 0 Å². The second-order valence-corrected chi connectivity index (χ2v) is 15.4. The number of hydrogen-bond acceptors (Lipinski definition) is 2. The maximum atomic E-state index is 6.25. The van der Waals surface area contributed by atoms with Gasteiger partial charge in [-0.1, -0.05) is 141 Å². The Balaban J connectivity index is 0.995. The average Bonchev–Trinajstić information content (AvgIpc) is 3.72. The highest BCUT2D eigenvalue weighted by atomic mass is 16.3. The first-order chi connectivity index (χ1) is 27.0. The quantitative estimate of drug-likeness (QED) is 0.177. The van der Waals surface area contributed by atoms with E-state index in [2.05, 4.69) is 195 Å². The highest BCUT2D eigenvalue weighted by Gasteiger charge is 2.35. The molecule has 0 amide bonds. The summed E-state index contributed by atoms with van der Waals surface area (Å²) in [7, 11) is 0. The van der Waals surface area contributed by atoms with E-state index in [0.717, 1.165) is 39.0 Å². The van der Waals surface area contributed by atoms with E-state index in [0.29, 0.717) is 0 Å². The Hall–Kier alpha value is -6.90. The fourth-order valence-corrected chi connectivity index (χ4v) is 8.91. The van der Waals surface area contributed by atoms with E-state index >= 15 is 0 Å². The van der Waals surface area contributed by atoms with Gasteiger partial charge in [0.05, 0.1) is 0 Å². The first kappa shape index (κ1) is 31.6. The number of furan rings is 1. The van der Waals surface area contributed by atoms with Gasteiger partial charge in [-0.3, -0.25) is 0 Å². The Morgan fingerprint density at radius 1 is 0.364 bits per heavy atom. The third kappa shape index (κ3) is 5.10. The molecular weight excluding hydrogens is 667 g/mol. The van der Waals surface area contributed by atoms with Crippen molar-refractivity contribution in [2.75, 3.05) is 4.90 Å². The van der Waals surface area contributed by atoms with Crippen LogP contribution in [0.3, 0.4) is 0 Å². The van der Waals surface area contributed by atoms with Crippen LogP contribution >= 0.6 is 0 Å². The topological polar surface area (TPSA) is 16.4 Å². The molecule has 55 heavy (non-hydrogen) atoms. The van der Waals surface area contributed by atoms with Crippen LogP contribution in [0.4, 0.5) is 17.1 Å². The third-order valence-corrected chi connectivity index (χ3v) is 11.8. The summed E-state index contributed by atoms with van der Waals surface area (Å²) >= 11 is 0. The summed E-state index contributed by atoms with van der Waals surface area (Å²) in [4.78, 5) is 2.40. The van der Waals surface area contributed by atoms with Crippen molar-refractivity contribution < 1.29 is 4.42 Å². The van der Waals surface area contributed by atoms with E-state index < -0.39 is 0 Å². The number of hydrogen-bond donors (Lipinski definition) is 0. The van der Waals surface area contributed by atoms with Crippen LogP contribution in [0.1, 0.15) is 25.0 Å². The standard InChI is InChI=1S/C53H37NO/c1-53(2)49-13-7-5-11-45(49)46-27-25-44(33-50(46)53)54(43-26-28-52-48(32-43)47-12-6-8-14-51(47)55-52)42-24-23-40-30-39(21-22-41(40)31-42)36-17-15-35(16-18-36)38-20-19-34-9-3-4-10-37(34)29-38/h3-33H,1-2H3. The fraction of sp³-hybridized carbons (Fsp3) is 0.0566. The Bertz CT molecular complexity index is 3130. The summed E-state index contributed by atoms with van der Waals surface area (Å²) in [5.41, 5.74) is 15.3. The first-order valence-corrected chi connectivity index (χ1v) is 19.1. The van der Waals surface area contributed by atoms with Crippen molar-refractivity contribution >= 4 is 60.5 Å². The van der Waals surface area contributed by atoms with Crippen molar-refractivity contribution in [1.82, 2.24) is 0 Å². The molecule has 1 aliphatic carbocycles. The van der Waals surface area contributed by atoms with Gasteiger partial charge in [-0.2, -0.15) is 0 Å². The monoisotopic (exact) mass is 703 g/mol. The lowest BCUT2D eigenvalue weighted by Gasteiger charge is -2.28. The number of fused-ring (bicyclic) bond motifs is 8. The Morgan fingerprint density at radius 3 is 1.71 bits per heavy atom. The number of rotatable bonds is 5. The van der Waals surface area contributed by atoms with E-state index in [1.807, 2.05) is 12.1 Å². The summed E-state index contributed by atoms with van der Waals surface area (Å²) in [6.45, 7) is 4.69. The van der Waals surface area contributed by atoms with Crippen LogP contribution in [0.25, 0.3) is 76.9 Å². The summed E-state index contributed by atoms with van der Waals surface area (Å²) in [6, 6.07) is 68.6. The minimum absolute atomic E-state index is 0.105. The van der Waals surface area contributed by atoms with Crippen LogP contribution in [0.2, 0.25) is 0 Å². The zero-order valence-electron chi connectivity index (χ0n) is 30.8. The van der Waals surface area contributed by atoms with Crippen LogP contribution in [0.15, 0.2) is 192 Å². The van der Waals surface area contributed by atoms with E-state index in [9.17, 15) is 0 Å². The average molecular weight is 704 g/mol. The largest absolute Gasteiger partial charge is 0.456 e. The number of nitrogens with zero attached hydrogens (tertiary/aromatic N) is 1. The van der Waals surface area contributed by atoms with Crippen LogP contribution in [-0.2, 0) is 5.41 Å². The predicted molar refractivity (Wildman–Crippen MR) is 232 cm³/mol. The summed E-state index contributed by atoms with van der Waals surface area (Å²) in [5.74, 6) is 0. The molecule has 2 nitrogen and oxygen atoms in total. The van der Waals surface area contributed by atoms with E-state index in [4.69, 9.17) is 4.42 Å². The van der Waals surface area contributed by atoms with Gasteiger partial charge in [0.15, 0.2) is 0 Å². The van der Waals surface area contributed by atoms with Crippen molar-refractivity contribution in [3.05, 3.63) is 199 Å². The van der Waals surface area contributed by atoms with Crippen molar-refractivity contribution in [2.45, 2.75) is 19.3 Å².